The zero-order valence-electron chi connectivity index (χ0n) is 9.78. The Morgan fingerprint density at radius 2 is 2.39 bits per heavy atom. The lowest BCUT2D eigenvalue weighted by Crippen LogP contribution is -2.11. The summed E-state index contributed by atoms with van der Waals surface area (Å²) < 4.78 is 24.0. The molecule has 96 valence electrons. The zero-order chi connectivity index (χ0) is 12.9. The molecule has 0 saturated heterocycles. The number of hydrogen-bond acceptors (Lipinski definition) is 3. The van der Waals surface area contributed by atoms with Crippen LogP contribution in [0.4, 0.5) is 4.39 Å². The van der Waals surface area contributed by atoms with Gasteiger partial charge in [0.15, 0.2) is 11.6 Å². The second-order valence-electron chi connectivity index (χ2n) is 4.55. The Labute approximate surface area is 109 Å². The predicted molar refractivity (Wildman–Crippen MR) is 63.3 cm³/mol. The van der Waals surface area contributed by atoms with Gasteiger partial charge in [-0.05, 0) is 19.1 Å². The molecule has 1 heterocycles. The highest BCUT2D eigenvalue weighted by Crippen LogP contribution is 2.61. The maximum absolute atomic E-state index is 13.6. The van der Waals surface area contributed by atoms with E-state index in [1.807, 2.05) is 0 Å². The summed E-state index contributed by atoms with van der Waals surface area (Å²) in [5, 5.41) is 0.452. The highest BCUT2D eigenvalue weighted by atomic mass is 35.5. The first-order chi connectivity index (χ1) is 8.65. The third-order valence-electron chi connectivity index (χ3n) is 3.58. The molecule has 1 fully saturated rings. The van der Waals surface area contributed by atoms with E-state index in [9.17, 15) is 9.18 Å². The highest BCUT2D eigenvalue weighted by Gasteiger charge is 2.60. The Morgan fingerprint density at radius 3 is 3.11 bits per heavy atom. The normalized spacial score (nSPS) is 27.8. The maximum atomic E-state index is 13.6. The number of fused-ring (bicyclic) bond motifs is 3. The van der Waals surface area contributed by atoms with Crippen molar-refractivity contribution in [1.82, 2.24) is 0 Å². The SMILES string of the molecule is CCOC(=O)[C@H]1C2c3c(Cl)ccc(F)c3OC[C@H]21. The second kappa shape index (κ2) is 4.12. The molecule has 1 aromatic carbocycles. The van der Waals surface area contributed by atoms with Gasteiger partial charge in [-0.2, -0.15) is 0 Å². The third kappa shape index (κ3) is 1.59. The van der Waals surface area contributed by atoms with Gasteiger partial charge in [-0.3, -0.25) is 4.79 Å². The van der Waals surface area contributed by atoms with Crippen LogP contribution in [0, 0.1) is 17.7 Å². The first-order valence-corrected chi connectivity index (χ1v) is 6.30. The van der Waals surface area contributed by atoms with Gasteiger partial charge in [0.1, 0.15) is 0 Å². The van der Waals surface area contributed by atoms with E-state index >= 15 is 0 Å². The van der Waals surface area contributed by atoms with Crippen LogP contribution in [-0.4, -0.2) is 19.2 Å². The van der Waals surface area contributed by atoms with Crippen LogP contribution in [0.5, 0.6) is 5.75 Å². The van der Waals surface area contributed by atoms with Crippen LogP contribution >= 0.6 is 11.6 Å². The predicted octanol–water partition coefficient (Wildman–Crippen LogP) is 2.76. The summed E-state index contributed by atoms with van der Waals surface area (Å²) in [7, 11) is 0. The number of hydrogen-bond donors (Lipinski definition) is 0. The maximum Gasteiger partial charge on any atom is 0.309 e. The zero-order valence-corrected chi connectivity index (χ0v) is 10.5. The fourth-order valence-electron chi connectivity index (χ4n) is 2.72. The number of benzene rings is 1. The van der Waals surface area contributed by atoms with Gasteiger partial charge in [0, 0.05) is 22.4 Å². The molecule has 1 saturated carbocycles. The molecule has 3 atom stereocenters. The van der Waals surface area contributed by atoms with Crippen molar-refractivity contribution in [3.8, 4) is 5.75 Å². The molecule has 1 aliphatic carbocycles. The molecule has 5 heteroatoms. The number of carbonyl (C=O) groups is 1. The summed E-state index contributed by atoms with van der Waals surface area (Å²) in [6.45, 7) is 2.46. The Bertz CT molecular complexity index is 517. The topological polar surface area (TPSA) is 35.5 Å². The summed E-state index contributed by atoms with van der Waals surface area (Å²) >= 11 is 6.08. The first-order valence-electron chi connectivity index (χ1n) is 5.92. The van der Waals surface area contributed by atoms with Crippen molar-refractivity contribution in [3.63, 3.8) is 0 Å². The largest absolute Gasteiger partial charge is 0.490 e. The van der Waals surface area contributed by atoms with E-state index in [1.54, 1.807) is 6.92 Å². The minimum Gasteiger partial charge on any atom is -0.490 e. The number of esters is 1. The number of ether oxygens (including phenoxy) is 2. The quantitative estimate of drug-likeness (QED) is 0.775. The Balaban J connectivity index is 1.95. The van der Waals surface area contributed by atoms with Crippen LogP contribution in [0.15, 0.2) is 12.1 Å². The van der Waals surface area contributed by atoms with Gasteiger partial charge in [-0.25, -0.2) is 4.39 Å². The Kier molecular flexibility index (Phi) is 2.70. The van der Waals surface area contributed by atoms with Crippen LogP contribution in [0.2, 0.25) is 5.02 Å². The molecule has 1 unspecified atom stereocenters. The molecule has 3 rings (SSSR count). The molecule has 0 bridgehead atoms. The molecule has 0 radical (unpaired) electrons. The lowest BCUT2D eigenvalue weighted by molar-refractivity contribution is -0.145. The third-order valence-corrected chi connectivity index (χ3v) is 3.91. The summed E-state index contributed by atoms with van der Waals surface area (Å²) in [5.41, 5.74) is 0.617. The van der Waals surface area contributed by atoms with Crippen molar-refractivity contribution in [2.75, 3.05) is 13.2 Å². The standard InChI is InChI=1S/C13H12ClFO3/c1-2-17-13(16)10-6-5-18-12-8(15)4-3-7(14)11(12)9(6)10/h3-4,6,9-10H,2,5H2,1H3/t6-,9?,10-/m1/s1. The molecule has 0 aromatic heterocycles. The van der Waals surface area contributed by atoms with Crippen LogP contribution in [0.3, 0.4) is 0 Å². The lowest BCUT2D eigenvalue weighted by Gasteiger charge is -2.17. The average Bonchev–Trinajstić information content (AvgIpc) is 3.08. The fourth-order valence-corrected chi connectivity index (χ4v) is 3.00. The van der Waals surface area contributed by atoms with Gasteiger partial charge in [0.25, 0.3) is 0 Å². The monoisotopic (exact) mass is 270 g/mol. The van der Waals surface area contributed by atoms with E-state index in [2.05, 4.69) is 0 Å². The molecule has 18 heavy (non-hydrogen) atoms. The Hall–Kier alpha value is -1.29. The molecule has 1 aliphatic heterocycles. The molecule has 0 N–H and O–H groups in total. The van der Waals surface area contributed by atoms with E-state index in [0.29, 0.717) is 23.8 Å². The fraction of sp³-hybridized carbons (Fsp3) is 0.462. The highest BCUT2D eigenvalue weighted by molar-refractivity contribution is 6.31. The van der Waals surface area contributed by atoms with Crippen molar-refractivity contribution in [2.24, 2.45) is 11.8 Å². The molecule has 1 aromatic rings. The van der Waals surface area contributed by atoms with E-state index in [1.165, 1.54) is 12.1 Å². The van der Waals surface area contributed by atoms with Gasteiger partial charge in [0.05, 0.1) is 19.1 Å². The van der Waals surface area contributed by atoms with Crippen LogP contribution in [0.25, 0.3) is 0 Å². The first kappa shape index (κ1) is 11.8. The van der Waals surface area contributed by atoms with Crippen molar-refractivity contribution in [1.29, 1.82) is 0 Å². The molecule has 2 aliphatic rings. The van der Waals surface area contributed by atoms with Gasteiger partial charge >= 0.3 is 5.97 Å². The van der Waals surface area contributed by atoms with E-state index in [4.69, 9.17) is 21.1 Å². The van der Waals surface area contributed by atoms with Crippen LogP contribution < -0.4 is 4.74 Å². The molecule has 0 amide bonds. The smallest absolute Gasteiger partial charge is 0.309 e. The summed E-state index contributed by atoms with van der Waals surface area (Å²) in [6.07, 6.45) is 0. The average molecular weight is 271 g/mol. The van der Waals surface area contributed by atoms with E-state index in [0.717, 1.165) is 0 Å². The Morgan fingerprint density at radius 1 is 1.61 bits per heavy atom. The van der Waals surface area contributed by atoms with E-state index < -0.39 is 5.82 Å². The number of carbonyl (C=O) groups excluding carboxylic acids is 1. The van der Waals surface area contributed by atoms with Gasteiger partial charge in [-0.15, -0.1) is 0 Å². The number of halogens is 2. The van der Waals surface area contributed by atoms with E-state index in [-0.39, 0.29) is 29.5 Å². The lowest BCUT2D eigenvalue weighted by atomic mass is 10.0. The summed E-state index contributed by atoms with van der Waals surface area (Å²) in [6, 6.07) is 2.78. The minimum atomic E-state index is -0.428. The molecular weight excluding hydrogens is 259 g/mol. The van der Waals surface area contributed by atoms with Crippen molar-refractivity contribution < 1.29 is 18.7 Å². The number of rotatable bonds is 2. The molecule has 3 nitrogen and oxygen atoms in total. The van der Waals surface area contributed by atoms with Gasteiger partial charge in [0.2, 0.25) is 0 Å². The van der Waals surface area contributed by atoms with Crippen molar-refractivity contribution in [2.45, 2.75) is 12.8 Å². The van der Waals surface area contributed by atoms with Crippen molar-refractivity contribution >= 4 is 17.6 Å². The van der Waals surface area contributed by atoms with Crippen molar-refractivity contribution in [3.05, 3.63) is 28.5 Å². The van der Waals surface area contributed by atoms with Crippen LogP contribution in [-0.2, 0) is 9.53 Å². The second-order valence-corrected chi connectivity index (χ2v) is 4.96. The summed E-state index contributed by atoms with van der Waals surface area (Å²) in [5.74, 6) is -0.723. The molecule has 0 spiro atoms. The van der Waals surface area contributed by atoms with Crippen LogP contribution in [0.1, 0.15) is 18.4 Å². The molecular formula is C13H12ClFO3. The minimum absolute atomic E-state index is 0.0593. The van der Waals surface area contributed by atoms with Gasteiger partial charge in [-0.1, -0.05) is 11.6 Å². The summed E-state index contributed by atoms with van der Waals surface area (Å²) in [4.78, 5) is 11.8. The van der Waals surface area contributed by atoms with Gasteiger partial charge < -0.3 is 9.47 Å².